The van der Waals surface area contributed by atoms with Gasteiger partial charge in [-0.2, -0.15) is 0 Å². The molecule has 0 spiro atoms. The van der Waals surface area contributed by atoms with Crippen molar-refractivity contribution >= 4 is 11.8 Å². The molecule has 1 rings (SSSR count). The molecule has 0 aromatic carbocycles. The highest BCUT2D eigenvalue weighted by Gasteiger charge is 2.10. The van der Waals surface area contributed by atoms with Gasteiger partial charge >= 0.3 is 5.97 Å². The number of nitrogens with zero attached hydrogens (tertiary/aromatic N) is 2. The molecule has 0 bridgehead atoms. The van der Waals surface area contributed by atoms with Crippen molar-refractivity contribution in [1.29, 1.82) is 0 Å². The Kier molecular flexibility index (Phi) is 5.38. The Hall–Kier alpha value is -1.66. The molecular weight excluding hydrogens is 224 g/mol. The molecule has 6 nitrogen and oxygen atoms in total. The fourth-order valence-electron chi connectivity index (χ4n) is 1.38. The number of aliphatic hydroxyl groups is 1. The summed E-state index contributed by atoms with van der Waals surface area (Å²) in [5, 5.41) is 17.8. The van der Waals surface area contributed by atoms with Gasteiger partial charge in [0.15, 0.2) is 5.69 Å². The van der Waals surface area contributed by atoms with Crippen LogP contribution in [0, 0.1) is 0 Å². The fourth-order valence-corrected chi connectivity index (χ4v) is 1.38. The van der Waals surface area contributed by atoms with Crippen molar-refractivity contribution in [3.8, 4) is 0 Å². The van der Waals surface area contributed by atoms with Gasteiger partial charge in [-0.25, -0.2) is 9.78 Å². The Bertz CT molecular complexity index is 370. The van der Waals surface area contributed by atoms with Crippen molar-refractivity contribution in [3.63, 3.8) is 0 Å². The predicted molar refractivity (Wildman–Crippen MR) is 62.4 cm³/mol. The first-order chi connectivity index (χ1) is 8.19. The summed E-state index contributed by atoms with van der Waals surface area (Å²) in [6.07, 6.45) is 0. The molecule has 1 aromatic rings. The second-order valence-electron chi connectivity index (χ2n) is 3.39. The lowest BCUT2D eigenvalue weighted by atomic mass is 10.3. The molecule has 0 aliphatic heterocycles. The standard InChI is InChI=1S/C11H16N2O4/c1-17-8-6-13(5-7-14)10-4-2-3-9(12-10)11(15)16/h2-4,14H,5-8H2,1H3,(H,15,16). The van der Waals surface area contributed by atoms with E-state index in [0.29, 0.717) is 25.5 Å². The van der Waals surface area contributed by atoms with E-state index in [2.05, 4.69) is 4.98 Å². The Morgan fingerprint density at radius 1 is 1.47 bits per heavy atom. The molecule has 0 saturated carbocycles. The molecule has 0 saturated heterocycles. The molecule has 0 fully saturated rings. The Morgan fingerprint density at radius 2 is 2.24 bits per heavy atom. The molecule has 94 valence electrons. The number of pyridine rings is 1. The number of hydrogen-bond donors (Lipinski definition) is 2. The number of anilines is 1. The summed E-state index contributed by atoms with van der Waals surface area (Å²) in [4.78, 5) is 16.6. The van der Waals surface area contributed by atoms with E-state index in [0.717, 1.165) is 0 Å². The maximum Gasteiger partial charge on any atom is 0.354 e. The molecule has 0 radical (unpaired) electrons. The van der Waals surface area contributed by atoms with Crippen LogP contribution in [0.4, 0.5) is 5.82 Å². The third kappa shape index (κ3) is 4.01. The molecule has 0 unspecified atom stereocenters. The number of methoxy groups -OCH3 is 1. The van der Waals surface area contributed by atoms with Gasteiger partial charge in [-0.05, 0) is 12.1 Å². The molecule has 0 amide bonds. The van der Waals surface area contributed by atoms with Crippen molar-refractivity contribution in [3.05, 3.63) is 23.9 Å². The van der Waals surface area contributed by atoms with Crippen LogP contribution in [-0.2, 0) is 4.74 Å². The minimum atomic E-state index is -1.07. The minimum Gasteiger partial charge on any atom is -0.477 e. The van der Waals surface area contributed by atoms with E-state index in [9.17, 15) is 4.79 Å². The molecule has 2 N–H and O–H groups in total. The molecule has 17 heavy (non-hydrogen) atoms. The summed E-state index contributed by atoms with van der Waals surface area (Å²) in [5.74, 6) is -0.543. The zero-order valence-corrected chi connectivity index (χ0v) is 9.67. The summed E-state index contributed by atoms with van der Waals surface area (Å²) < 4.78 is 4.95. The second-order valence-corrected chi connectivity index (χ2v) is 3.39. The van der Waals surface area contributed by atoms with E-state index in [1.807, 2.05) is 0 Å². The van der Waals surface area contributed by atoms with Gasteiger partial charge in [0.05, 0.1) is 13.2 Å². The highest BCUT2D eigenvalue weighted by Crippen LogP contribution is 2.11. The number of carboxylic acids is 1. The van der Waals surface area contributed by atoms with Crippen molar-refractivity contribution in [2.75, 3.05) is 38.3 Å². The Morgan fingerprint density at radius 3 is 2.82 bits per heavy atom. The SMILES string of the molecule is COCCN(CCO)c1cccc(C(=O)O)n1. The minimum absolute atomic E-state index is 0.0112. The number of aliphatic hydroxyl groups excluding tert-OH is 1. The van der Waals surface area contributed by atoms with Crippen molar-refractivity contribution in [2.45, 2.75) is 0 Å². The smallest absolute Gasteiger partial charge is 0.354 e. The van der Waals surface area contributed by atoms with E-state index in [1.165, 1.54) is 6.07 Å². The summed E-state index contributed by atoms with van der Waals surface area (Å²) in [7, 11) is 1.58. The maximum absolute atomic E-state index is 10.8. The van der Waals surface area contributed by atoms with Gasteiger partial charge < -0.3 is 19.8 Å². The third-order valence-electron chi connectivity index (χ3n) is 2.21. The molecule has 1 aromatic heterocycles. The predicted octanol–water partition coefficient (Wildman–Crippen LogP) is 0.225. The van der Waals surface area contributed by atoms with Gasteiger partial charge in [0.2, 0.25) is 0 Å². The van der Waals surface area contributed by atoms with Crippen LogP contribution in [0.15, 0.2) is 18.2 Å². The molecule has 0 aliphatic rings. The van der Waals surface area contributed by atoms with Crippen molar-refractivity contribution in [2.24, 2.45) is 0 Å². The quantitative estimate of drug-likeness (QED) is 0.709. The largest absolute Gasteiger partial charge is 0.477 e. The van der Waals surface area contributed by atoms with Gasteiger partial charge in [-0.3, -0.25) is 0 Å². The summed E-state index contributed by atoms with van der Waals surface area (Å²) >= 11 is 0. The fraction of sp³-hybridized carbons (Fsp3) is 0.455. The first kappa shape index (κ1) is 13.4. The van der Waals surface area contributed by atoms with Crippen LogP contribution in [-0.4, -0.2) is 54.6 Å². The lowest BCUT2D eigenvalue weighted by molar-refractivity contribution is 0.0690. The molecule has 1 heterocycles. The van der Waals surface area contributed by atoms with Gasteiger partial charge in [0, 0.05) is 20.2 Å². The molecule has 0 atom stereocenters. The first-order valence-corrected chi connectivity index (χ1v) is 5.24. The van der Waals surface area contributed by atoms with Crippen LogP contribution in [0.3, 0.4) is 0 Å². The number of ether oxygens (including phenoxy) is 1. The van der Waals surface area contributed by atoms with E-state index >= 15 is 0 Å². The van der Waals surface area contributed by atoms with E-state index in [-0.39, 0.29) is 12.3 Å². The van der Waals surface area contributed by atoms with Gasteiger partial charge in [0.25, 0.3) is 0 Å². The summed E-state index contributed by atoms with van der Waals surface area (Å²) in [5.41, 5.74) is -0.0112. The number of aromatic carboxylic acids is 1. The Labute approximate surface area is 99.5 Å². The average Bonchev–Trinajstić information content (AvgIpc) is 2.34. The molecule has 0 aliphatic carbocycles. The van der Waals surface area contributed by atoms with Gasteiger partial charge in [-0.1, -0.05) is 6.07 Å². The number of carboxylic acid groups (broad SMARTS) is 1. The first-order valence-electron chi connectivity index (χ1n) is 5.24. The molecule has 6 heteroatoms. The zero-order valence-electron chi connectivity index (χ0n) is 9.67. The lowest BCUT2D eigenvalue weighted by Crippen LogP contribution is -2.31. The van der Waals surface area contributed by atoms with Gasteiger partial charge in [-0.15, -0.1) is 0 Å². The van der Waals surface area contributed by atoms with Crippen molar-refractivity contribution < 1.29 is 19.7 Å². The highest BCUT2D eigenvalue weighted by molar-refractivity contribution is 5.85. The maximum atomic E-state index is 10.8. The highest BCUT2D eigenvalue weighted by atomic mass is 16.5. The molecular formula is C11H16N2O4. The van der Waals surface area contributed by atoms with Crippen LogP contribution in [0.25, 0.3) is 0 Å². The second kappa shape index (κ2) is 6.82. The summed E-state index contributed by atoms with van der Waals surface area (Å²) in [6.45, 7) is 1.40. The number of aromatic nitrogens is 1. The number of hydrogen-bond acceptors (Lipinski definition) is 5. The van der Waals surface area contributed by atoms with Crippen LogP contribution >= 0.6 is 0 Å². The van der Waals surface area contributed by atoms with Crippen molar-refractivity contribution in [1.82, 2.24) is 4.98 Å². The monoisotopic (exact) mass is 240 g/mol. The van der Waals surface area contributed by atoms with Crippen LogP contribution in [0.2, 0.25) is 0 Å². The average molecular weight is 240 g/mol. The van der Waals surface area contributed by atoms with E-state index in [1.54, 1.807) is 24.1 Å². The van der Waals surface area contributed by atoms with Crippen LogP contribution in [0.1, 0.15) is 10.5 Å². The normalized spacial score (nSPS) is 10.2. The summed E-state index contributed by atoms with van der Waals surface area (Å²) in [6, 6.07) is 4.76. The Balaban J connectivity index is 2.84. The lowest BCUT2D eigenvalue weighted by Gasteiger charge is -2.22. The third-order valence-corrected chi connectivity index (χ3v) is 2.21. The van der Waals surface area contributed by atoms with E-state index < -0.39 is 5.97 Å². The number of carbonyl (C=O) groups is 1. The zero-order chi connectivity index (χ0) is 12.7. The van der Waals surface area contributed by atoms with Crippen LogP contribution in [0.5, 0.6) is 0 Å². The topological polar surface area (TPSA) is 82.9 Å². The number of rotatable bonds is 7. The van der Waals surface area contributed by atoms with E-state index in [4.69, 9.17) is 14.9 Å². The van der Waals surface area contributed by atoms with Gasteiger partial charge in [0.1, 0.15) is 5.82 Å². The van der Waals surface area contributed by atoms with Crippen LogP contribution < -0.4 is 4.90 Å².